The predicted molar refractivity (Wildman–Crippen MR) is 61.8 cm³/mol. The largest absolute Gasteiger partial charge is 0.367 e. The quantitative estimate of drug-likeness (QED) is 0.812. The predicted octanol–water partition coefficient (Wildman–Crippen LogP) is 2.99. The van der Waals surface area contributed by atoms with E-state index >= 15 is 0 Å². The summed E-state index contributed by atoms with van der Waals surface area (Å²) in [5.41, 5.74) is 1.27. The van der Waals surface area contributed by atoms with Gasteiger partial charge in [-0.25, -0.2) is 4.98 Å². The average Bonchev–Trinajstić information content (AvgIpc) is 3.10. The fourth-order valence-electron chi connectivity index (χ4n) is 2.33. The summed E-state index contributed by atoms with van der Waals surface area (Å²) < 4.78 is 0. The standard InChI is InChI=1S/C13H18N2/c1-9-3-2-8-14-13(9)15-12(10-4-5-10)11-6-7-11/h2-3,8,10-12H,4-7H2,1H3,(H,14,15). The van der Waals surface area contributed by atoms with Gasteiger partial charge in [-0.15, -0.1) is 0 Å². The lowest BCUT2D eigenvalue weighted by molar-refractivity contribution is 0.565. The normalized spacial score (nSPS) is 20.7. The highest BCUT2D eigenvalue weighted by Crippen LogP contribution is 2.45. The molecule has 0 atom stereocenters. The van der Waals surface area contributed by atoms with Crippen LogP contribution >= 0.6 is 0 Å². The van der Waals surface area contributed by atoms with Gasteiger partial charge in [-0.3, -0.25) is 0 Å². The van der Waals surface area contributed by atoms with Crippen molar-refractivity contribution < 1.29 is 0 Å². The van der Waals surface area contributed by atoms with Gasteiger partial charge in [-0.05, 0) is 56.1 Å². The van der Waals surface area contributed by atoms with Gasteiger partial charge in [-0.1, -0.05) is 6.07 Å². The summed E-state index contributed by atoms with van der Waals surface area (Å²) in [6, 6.07) is 4.84. The van der Waals surface area contributed by atoms with Crippen molar-refractivity contribution in [3.8, 4) is 0 Å². The molecule has 1 heterocycles. The van der Waals surface area contributed by atoms with Crippen molar-refractivity contribution in [3.05, 3.63) is 23.9 Å². The van der Waals surface area contributed by atoms with E-state index in [2.05, 4.69) is 23.3 Å². The molecule has 2 aliphatic rings. The second kappa shape index (κ2) is 3.51. The van der Waals surface area contributed by atoms with Crippen LogP contribution in [0, 0.1) is 18.8 Å². The van der Waals surface area contributed by atoms with Crippen molar-refractivity contribution in [1.29, 1.82) is 0 Å². The number of aromatic nitrogens is 1. The van der Waals surface area contributed by atoms with Gasteiger partial charge in [0.25, 0.3) is 0 Å². The molecular formula is C13H18N2. The van der Waals surface area contributed by atoms with Gasteiger partial charge in [0, 0.05) is 12.2 Å². The minimum absolute atomic E-state index is 0.707. The third-order valence-electron chi connectivity index (χ3n) is 3.57. The van der Waals surface area contributed by atoms with Crippen LogP contribution in [0.25, 0.3) is 0 Å². The minimum atomic E-state index is 0.707. The van der Waals surface area contributed by atoms with E-state index in [1.807, 2.05) is 12.3 Å². The van der Waals surface area contributed by atoms with E-state index in [0.717, 1.165) is 17.7 Å². The van der Waals surface area contributed by atoms with Gasteiger partial charge < -0.3 is 5.32 Å². The summed E-state index contributed by atoms with van der Waals surface area (Å²) in [5.74, 6) is 2.96. The lowest BCUT2D eigenvalue weighted by Gasteiger charge is -2.19. The zero-order chi connectivity index (χ0) is 10.3. The van der Waals surface area contributed by atoms with Crippen LogP contribution in [0.3, 0.4) is 0 Å². The van der Waals surface area contributed by atoms with Crippen LogP contribution in [0.4, 0.5) is 5.82 Å². The number of rotatable bonds is 4. The van der Waals surface area contributed by atoms with E-state index in [9.17, 15) is 0 Å². The molecule has 2 fully saturated rings. The van der Waals surface area contributed by atoms with Gasteiger partial charge >= 0.3 is 0 Å². The molecule has 3 rings (SSSR count). The van der Waals surface area contributed by atoms with E-state index in [1.165, 1.54) is 31.2 Å². The van der Waals surface area contributed by atoms with Crippen molar-refractivity contribution in [3.63, 3.8) is 0 Å². The molecule has 1 aromatic heterocycles. The summed E-state index contributed by atoms with van der Waals surface area (Å²) in [7, 11) is 0. The molecule has 2 saturated carbocycles. The highest BCUT2D eigenvalue weighted by Gasteiger charge is 2.41. The average molecular weight is 202 g/mol. The molecule has 0 radical (unpaired) electrons. The molecule has 1 aromatic rings. The molecule has 0 aliphatic heterocycles. The molecule has 80 valence electrons. The second-order valence-electron chi connectivity index (χ2n) is 5.01. The van der Waals surface area contributed by atoms with Gasteiger partial charge in [0.2, 0.25) is 0 Å². The van der Waals surface area contributed by atoms with Crippen molar-refractivity contribution in [1.82, 2.24) is 4.98 Å². The fraction of sp³-hybridized carbons (Fsp3) is 0.615. The minimum Gasteiger partial charge on any atom is -0.367 e. The number of nitrogens with one attached hydrogen (secondary N) is 1. The fourth-order valence-corrected chi connectivity index (χ4v) is 2.33. The second-order valence-corrected chi connectivity index (χ2v) is 5.01. The number of nitrogens with zero attached hydrogens (tertiary/aromatic N) is 1. The van der Waals surface area contributed by atoms with Gasteiger partial charge in [-0.2, -0.15) is 0 Å². The number of hydrogen-bond acceptors (Lipinski definition) is 2. The maximum absolute atomic E-state index is 4.43. The Hall–Kier alpha value is -1.05. The number of hydrogen-bond donors (Lipinski definition) is 1. The van der Waals surface area contributed by atoms with Crippen LogP contribution in [0.1, 0.15) is 31.2 Å². The Morgan fingerprint density at radius 1 is 1.27 bits per heavy atom. The molecule has 0 aromatic carbocycles. The van der Waals surface area contributed by atoms with Gasteiger partial charge in [0.05, 0.1) is 0 Å². The van der Waals surface area contributed by atoms with Crippen molar-refractivity contribution in [2.24, 2.45) is 11.8 Å². The van der Waals surface area contributed by atoms with Gasteiger partial charge in [0.15, 0.2) is 0 Å². The Labute approximate surface area is 91.1 Å². The Morgan fingerprint density at radius 3 is 2.47 bits per heavy atom. The third kappa shape index (κ3) is 1.99. The van der Waals surface area contributed by atoms with Crippen LogP contribution in [-0.2, 0) is 0 Å². The molecule has 0 saturated heterocycles. The lowest BCUT2D eigenvalue weighted by Crippen LogP contribution is -2.25. The Kier molecular flexibility index (Phi) is 2.15. The number of pyridine rings is 1. The maximum Gasteiger partial charge on any atom is 0.129 e. The lowest BCUT2D eigenvalue weighted by atomic mass is 10.1. The summed E-state index contributed by atoms with van der Waals surface area (Å²) in [5, 5.41) is 3.66. The van der Waals surface area contributed by atoms with Crippen LogP contribution in [0.15, 0.2) is 18.3 Å². The molecule has 0 bridgehead atoms. The van der Waals surface area contributed by atoms with Crippen LogP contribution in [0.2, 0.25) is 0 Å². The van der Waals surface area contributed by atoms with E-state index < -0.39 is 0 Å². The third-order valence-corrected chi connectivity index (χ3v) is 3.57. The molecule has 0 amide bonds. The monoisotopic (exact) mass is 202 g/mol. The highest BCUT2D eigenvalue weighted by molar-refractivity contribution is 5.44. The molecule has 0 spiro atoms. The first kappa shape index (κ1) is 9.20. The smallest absolute Gasteiger partial charge is 0.129 e. The summed E-state index contributed by atoms with van der Waals surface area (Å²) in [6.45, 7) is 2.13. The first-order valence-corrected chi connectivity index (χ1v) is 6.03. The number of aryl methyl sites for hydroxylation is 1. The Bertz CT molecular complexity index is 341. The first-order chi connectivity index (χ1) is 7.34. The summed E-state index contributed by atoms with van der Waals surface area (Å²) in [6.07, 6.45) is 7.55. The molecule has 2 nitrogen and oxygen atoms in total. The summed E-state index contributed by atoms with van der Waals surface area (Å²) >= 11 is 0. The maximum atomic E-state index is 4.43. The highest BCUT2D eigenvalue weighted by atomic mass is 15.0. The van der Waals surface area contributed by atoms with Crippen molar-refractivity contribution in [2.45, 2.75) is 38.6 Å². The van der Waals surface area contributed by atoms with Crippen molar-refractivity contribution >= 4 is 5.82 Å². The molecule has 2 aliphatic carbocycles. The zero-order valence-electron chi connectivity index (χ0n) is 9.24. The Morgan fingerprint density at radius 2 is 1.93 bits per heavy atom. The Balaban J connectivity index is 1.74. The van der Waals surface area contributed by atoms with Crippen LogP contribution in [0.5, 0.6) is 0 Å². The number of anilines is 1. The molecule has 1 N–H and O–H groups in total. The molecule has 0 unspecified atom stereocenters. The van der Waals surface area contributed by atoms with E-state index in [0.29, 0.717) is 6.04 Å². The van der Waals surface area contributed by atoms with E-state index in [1.54, 1.807) is 0 Å². The molecular weight excluding hydrogens is 184 g/mol. The van der Waals surface area contributed by atoms with Crippen LogP contribution in [-0.4, -0.2) is 11.0 Å². The van der Waals surface area contributed by atoms with Crippen molar-refractivity contribution in [2.75, 3.05) is 5.32 Å². The summed E-state index contributed by atoms with van der Waals surface area (Å²) in [4.78, 5) is 4.43. The van der Waals surface area contributed by atoms with E-state index in [4.69, 9.17) is 0 Å². The zero-order valence-corrected chi connectivity index (χ0v) is 9.24. The molecule has 2 heteroatoms. The van der Waals surface area contributed by atoms with Crippen LogP contribution < -0.4 is 5.32 Å². The first-order valence-electron chi connectivity index (χ1n) is 6.03. The van der Waals surface area contributed by atoms with E-state index in [-0.39, 0.29) is 0 Å². The topological polar surface area (TPSA) is 24.9 Å². The van der Waals surface area contributed by atoms with Gasteiger partial charge in [0.1, 0.15) is 5.82 Å². The molecule has 15 heavy (non-hydrogen) atoms. The SMILES string of the molecule is Cc1cccnc1NC(C1CC1)C1CC1.